The van der Waals surface area contributed by atoms with Crippen molar-refractivity contribution in [2.75, 3.05) is 0 Å². The van der Waals surface area contributed by atoms with Gasteiger partial charge in [-0.15, -0.1) is 0 Å². The van der Waals surface area contributed by atoms with Crippen molar-refractivity contribution in [3.63, 3.8) is 0 Å². The van der Waals surface area contributed by atoms with Crippen molar-refractivity contribution in [2.24, 2.45) is 5.41 Å². The molecule has 1 atom stereocenters. The van der Waals surface area contributed by atoms with Gasteiger partial charge in [-0.2, -0.15) is 13.8 Å². The molecule has 107 valence electrons. The molecule has 0 fully saturated rings. The predicted octanol–water partition coefficient (Wildman–Crippen LogP) is 3.73. The van der Waals surface area contributed by atoms with Gasteiger partial charge in [-0.05, 0) is 25.1 Å². The van der Waals surface area contributed by atoms with Crippen LogP contribution in [0.1, 0.15) is 62.3 Å². The van der Waals surface area contributed by atoms with Gasteiger partial charge in [-0.25, -0.2) is 0 Å². The summed E-state index contributed by atoms with van der Waals surface area (Å²) in [5.74, 6) is 1.47. The summed E-state index contributed by atoms with van der Waals surface area (Å²) < 4.78 is 11.0. The maximum absolute atomic E-state index is 5.92. The Hall–Kier alpha value is 1.10. The molecule has 0 aliphatic rings. The Labute approximate surface area is 146 Å². The first-order valence-corrected chi connectivity index (χ1v) is 6.58. The van der Waals surface area contributed by atoms with Gasteiger partial charge in [0.2, 0.25) is 0 Å². The minimum Gasteiger partial charge on any atom is -0.464 e. The fourth-order valence-corrected chi connectivity index (χ4v) is 1.26. The Morgan fingerprint density at radius 1 is 1.05 bits per heavy atom. The summed E-state index contributed by atoms with van der Waals surface area (Å²) in [6.45, 7) is 18.7. The standard InChI is InChI=1S/C14H28B2O2.U/c1-10(2)13(6,7)18-16-11(3)12(4,5)14(8,9)17-15;/h11H,1-9H3;/q-1;/t11-;/m1./s1. The Balaban J connectivity index is 0. The van der Waals surface area contributed by atoms with Crippen molar-refractivity contribution in [3.05, 3.63) is 5.92 Å². The van der Waals surface area contributed by atoms with E-state index in [1.54, 1.807) is 0 Å². The van der Waals surface area contributed by atoms with Crippen LogP contribution in [0.5, 0.6) is 0 Å². The molecule has 0 saturated heterocycles. The maximum Gasteiger partial charge on any atom is 0.292 e. The molecule has 0 saturated carbocycles. The first kappa shape index (κ1) is 22.4. The topological polar surface area (TPSA) is 18.5 Å². The number of hydrogen-bond donors (Lipinski definition) is 0. The quantitative estimate of drug-likeness (QED) is 0.402. The van der Waals surface area contributed by atoms with Crippen LogP contribution in [0.4, 0.5) is 0 Å². The zero-order valence-corrected chi connectivity index (χ0v) is 18.2. The third-order valence-electron chi connectivity index (χ3n) is 4.76. The minimum absolute atomic E-state index is 0. The molecule has 0 heterocycles. The van der Waals surface area contributed by atoms with Crippen LogP contribution < -0.4 is 0 Å². The van der Waals surface area contributed by atoms with Gasteiger partial charge < -0.3 is 9.31 Å². The molecular formula is C14H28B2O2U-. The van der Waals surface area contributed by atoms with E-state index in [9.17, 15) is 0 Å². The van der Waals surface area contributed by atoms with Crippen LogP contribution in [-0.4, -0.2) is 26.7 Å². The normalized spacial score (nSPS) is 15.1. The average Bonchev–Trinajstić information content (AvgIpc) is 2.25. The van der Waals surface area contributed by atoms with Gasteiger partial charge in [-0.1, -0.05) is 40.2 Å². The van der Waals surface area contributed by atoms with Crippen molar-refractivity contribution in [2.45, 2.75) is 79.3 Å². The largest absolute Gasteiger partial charge is 0.464 e. The summed E-state index contributed by atoms with van der Waals surface area (Å²) in [5.41, 5.74) is -0.779. The first-order valence-electron chi connectivity index (χ1n) is 6.58. The average molecular weight is 488 g/mol. The van der Waals surface area contributed by atoms with Gasteiger partial charge >= 0.3 is 0 Å². The molecule has 0 aliphatic heterocycles. The van der Waals surface area contributed by atoms with E-state index in [1.807, 2.05) is 21.3 Å². The van der Waals surface area contributed by atoms with E-state index < -0.39 is 5.60 Å². The summed E-state index contributed by atoms with van der Waals surface area (Å²) in [4.78, 5) is 0. The fraction of sp³-hybridized carbons (Fsp3) is 0.929. The summed E-state index contributed by atoms with van der Waals surface area (Å²) in [7, 11) is 7.31. The maximum atomic E-state index is 5.92. The van der Waals surface area contributed by atoms with Crippen LogP contribution >= 0.6 is 0 Å². The third kappa shape index (κ3) is 5.78. The molecule has 5 heteroatoms. The zero-order valence-electron chi connectivity index (χ0n) is 14.0. The Morgan fingerprint density at radius 3 is 1.79 bits per heavy atom. The van der Waals surface area contributed by atoms with E-state index in [2.05, 4.69) is 48.5 Å². The summed E-state index contributed by atoms with van der Waals surface area (Å²) in [6.07, 6.45) is 0. The molecule has 19 heavy (non-hydrogen) atoms. The van der Waals surface area contributed by atoms with Crippen LogP contribution in [-0.2, 0) is 9.31 Å². The molecule has 3 radical (unpaired) electrons. The zero-order chi connectivity index (χ0) is 14.8. The Morgan fingerprint density at radius 2 is 1.47 bits per heavy atom. The SMILES string of the molecule is [B]OC(C)(C)C(C)(C)[C@@H](C)[B]OC(C)(C)[C-](C)C.[U]. The molecule has 0 aromatic carbocycles. The van der Waals surface area contributed by atoms with Crippen LogP contribution in [0, 0.1) is 42.4 Å². The second kappa shape index (κ2) is 7.93. The van der Waals surface area contributed by atoms with Gasteiger partial charge in [0.15, 0.2) is 0 Å². The van der Waals surface area contributed by atoms with Crippen molar-refractivity contribution in [1.29, 1.82) is 0 Å². The second-order valence-electron chi connectivity index (χ2n) is 6.90. The first-order chi connectivity index (χ1) is 7.88. The molecular weight excluding hydrogens is 460 g/mol. The molecule has 0 aromatic rings. The van der Waals surface area contributed by atoms with Gasteiger partial charge in [-0.3, -0.25) is 5.92 Å². The smallest absolute Gasteiger partial charge is 0.292 e. The summed E-state index contributed by atoms with van der Waals surface area (Å²) >= 11 is 0. The van der Waals surface area contributed by atoms with Gasteiger partial charge in [0, 0.05) is 36.7 Å². The van der Waals surface area contributed by atoms with Crippen molar-refractivity contribution in [1.82, 2.24) is 0 Å². The van der Waals surface area contributed by atoms with Gasteiger partial charge in [0.05, 0.1) is 0 Å². The van der Waals surface area contributed by atoms with Crippen LogP contribution in [0.2, 0.25) is 5.82 Å². The van der Waals surface area contributed by atoms with Crippen molar-refractivity contribution >= 4 is 15.5 Å². The molecule has 0 N–H and O–H groups in total. The molecule has 0 spiro atoms. The van der Waals surface area contributed by atoms with E-state index in [0.717, 1.165) is 0 Å². The van der Waals surface area contributed by atoms with Crippen LogP contribution in [0.3, 0.4) is 0 Å². The van der Waals surface area contributed by atoms with Crippen molar-refractivity contribution in [3.8, 4) is 0 Å². The summed E-state index contributed by atoms with van der Waals surface area (Å²) in [6, 6.07) is 0. The fourth-order valence-electron chi connectivity index (χ4n) is 1.26. The second-order valence-corrected chi connectivity index (χ2v) is 6.90. The van der Waals surface area contributed by atoms with E-state index in [0.29, 0.717) is 0 Å². The van der Waals surface area contributed by atoms with E-state index in [-0.39, 0.29) is 47.9 Å². The Kier molecular flexibility index (Phi) is 9.34. The van der Waals surface area contributed by atoms with E-state index >= 15 is 0 Å². The van der Waals surface area contributed by atoms with Gasteiger partial charge in [0.1, 0.15) is 0 Å². The molecule has 2 nitrogen and oxygen atoms in total. The number of hydrogen-bond acceptors (Lipinski definition) is 2. The molecule has 0 aromatic heterocycles. The van der Waals surface area contributed by atoms with E-state index in [4.69, 9.17) is 17.4 Å². The van der Waals surface area contributed by atoms with Crippen molar-refractivity contribution < 1.29 is 40.4 Å². The van der Waals surface area contributed by atoms with E-state index in [1.165, 1.54) is 5.92 Å². The number of rotatable bonds is 7. The predicted molar refractivity (Wildman–Crippen MR) is 79.6 cm³/mol. The molecule has 0 amide bonds. The molecule has 0 bridgehead atoms. The molecule has 0 aliphatic carbocycles. The third-order valence-corrected chi connectivity index (χ3v) is 4.76. The summed E-state index contributed by atoms with van der Waals surface area (Å²) in [5, 5.41) is 0. The monoisotopic (exact) mass is 488 g/mol. The van der Waals surface area contributed by atoms with Gasteiger partial charge in [0.25, 0.3) is 15.5 Å². The van der Waals surface area contributed by atoms with Crippen LogP contribution in [0.25, 0.3) is 0 Å². The Bertz CT molecular complexity index is 266. The van der Waals surface area contributed by atoms with Crippen LogP contribution in [0.15, 0.2) is 0 Å². The minimum atomic E-state index is -0.415. The molecule has 0 unspecified atom stereocenters. The molecule has 0 rings (SSSR count).